The molecule has 21 heavy (non-hydrogen) atoms. The number of aromatic nitrogens is 3. The van der Waals surface area contributed by atoms with Crippen LogP contribution in [0.5, 0.6) is 0 Å². The predicted octanol–water partition coefficient (Wildman–Crippen LogP) is 1.63. The maximum Gasteiger partial charge on any atom is 0.494 e. The van der Waals surface area contributed by atoms with Gasteiger partial charge in [0.1, 0.15) is 0 Å². The van der Waals surface area contributed by atoms with Crippen molar-refractivity contribution in [3.05, 3.63) is 42.2 Å². The van der Waals surface area contributed by atoms with Crippen molar-refractivity contribution in [3.63, 3.8) is 0 Å². The lowest BCUT2D eigenvalue weighted by atomic mass is 9.79. The van der Waals surface area contributed by atoms with E-state index in [4.69, 9.17) is 9.31 Å². The summed E-state index contributed by atoms with van der Waals surface area (Å²) in [5.74, 6) is 0. The van der Waals surface area contributed by atoms with Crippen LogP contribution < -0.4 is 5.46 Å². The topological polar surface area (TPSA) is 49.2 Å². The largest absolute Gasteiger partial charge is 0.494 e. The Hall–Kier alpha value is -1.66. The summed E-state index contributed by atoms with van der Waals surface area (Å²) in [4.78, 5) is 1.66. The van der Waals surface area contributed by atoms with E-state index in [1.807, 2.05) is 12.1 Å². The minimum Gasteiger partial charge on any atom is -0.399 e. The highest BCUT2D eigenvalue weighted by atomic mass is 16.7. The zero-order valence-electron chi connectivity index (χ0n) is 12.9. The van der Waals surface area contributed by atoms with Crippen molar-refractivity contribution < 1.29 is 9.31 Å². The fraction of sp³-hybridized carbons (Fsp3) is 0.467. The molecule has 5 nitrogen and oxygen atoms in total. The average molecular weight is 285 g/mol. The van der Waals surface area contributed by atoms with Crippen molar-refractivity contribution in [3.8, 4) is 0 Å². The van der Waals surface area contributed by atoms with E-state index in [2.05, 4.69) is 50.0 Å². The Bertz CT molecular complexity index is 592. The fourth-order valence-corrected chi connectivity index (χ4v) is 2.25. The zero-order valence-corrected chi connectivity index (χ0v) is 12.9. The number of nitrogens with zero attached hydrogens (tertiary/aromatic N) is 3. The standard InChI is InChI=1S/C15H20BN3O2/c1-14(2)15(3,4)21-16(20-14)13-7-5-12(6-8-13)11-19-17-9-10-18-19/h5-10H,11H2,1-4H3. The van der Waals surface area contributed by atoms with E-state index in [9.17, 15) is 0 Å². The van der Waals surface area contributed by atoms with Crippen LogP contribution in [-0.2, 0) is 15.9 Å². The lowest BCUT2D eigenvalue weighted by Crippen LogP contribution is -2.41. The molecule has 1 aliphatic rings. The van der Waals surface area contributed by atoms with Gasteiger partial charge in [0.05, 0.1) is 30.1 Å². The summed E-state index contributed by atoms with van der Waals surface area (Å²) in [6.45, 7) is 8.90. The number of hydrogen-bond donors (Lipinski definition) is 0. The van der Waals surface area contributed by atoms with Crippen LogP contribution in [0.4, 0.5) is 0 Å². The first-order chi connectivity index (χ1) is 9.87. The molecule has 1 aromatic heterocycles. The van der Waals surface area contributed by atoms with E-state index in [0.29, 0.717) is 6.54 Å². The van der Waals surface area contributed by atoms with Crippen LogP contribution in [0.2, 0.25) is 0 Å². The molecule has 0 aliphatic carbocycles. The molecule has 6 heteroatoms. The van der Waals surface area contributed by atoms with Gasteiger partial charge < -0.3 is 9.31 Å². The van der Waals surface area contributed by atoms with Gasteiger partial charge in [0, 0.05) is 0 Å². The summed E-state index contributed by atoms with van der Waals surface area (Å²) in [5.41, 5.74) is 1.56. The Morgan fingerprint density at radius 1 is 0.952 bits per heavy atom. The second kappa shape index (κ2) is 4.96. The van der Waals surface area contributed by atoms with Crippen LogP contribution >= 0.6 is 0 Å². The minimum atomic E-state index is -0.313. The summed E-state index contributed by atoms with van der Waals surface area (Å²) in [6, 6.07) is 8.20. The molecule has 0 atom stereocenters. The summed E-state index contributed by atoms with van der Waals surface area (Å²) in [5, 5.41) is 8.21. The van der Waals surface area contributed by atoms with Gasteiger partial charge in [-0.25, -0.2) is 0 Å². The lowest BCUT2D eigenvalue weighted by molar-refractivity contribution is 0.00578. The van der Waals surface area contributed by atoms with Gasteiger partial charge >= 0.3 is 7.12 Å². The highest BCUT2D eigenvalue weighted by Crippen LogP contribution is 2.36. The highest BCUT2D eigenvalue weighted by molar-refractivity contribution is 6.62. The third-order valence-corrected chi connectivity index (χ3v) is 4.30. The molecule has 1 aromatic carbocycles. The second-order valence-electron chi connectivity index (χ2n) is 6.39. The summed E-state index contributed by atoms with van der Waals surface area (Å²) < 4.78 is 12.1. The zero-order chi connectivity index (χ0) is 15.1. The first-order valence-electron chi connectivity index (χ1n) is 7.16. The van der Waals surface area contributed by atoms with Crippen molar-refractivity contribution in [2.45, 2.75) is 45.4 Å². The molecule has 0 saturated carbocycles. The molecule has 0 amide bonds. The summed E-state index contributed by atoms with van der Waals surface area (Å²) in [7, 11) is -0.313. The van der Waals surface area contributed by atoms with Crippen LogP contribution in [0.15, 0.2) is 36.7 Å². The smallest absolute Gasteiger partial charge is 0.399 e. The Labute approximate surface area is 125 Å². The van der Waals surface area contributed by atoms with Gasteiger partial charge in [0.2, 0.25) is 0 Å². The van der Waals surface area contributed by atoms with Gasteiger partial charge in [-0.05, 0) is 38.7 Å². The maximum absolute atomic E-state index is 6.04. The van der Waals surface area contributed by atoms with Crippen molar-refractivity contribution in [2.75, 3.05) is 0 Å². The second-order valence-corrected chi connectivity index (χ2v) is 6.39. The number of benzene rings is 1. The molecule has 110 valence electrons. The van der Waals surface area contributed by atoms with Gasteiger partial charge in [-0.2, -0.15) is 15.0 Å². The van der Waals surface area contributed by atoms with Crippen LogP contribution in [-0.4, -0.2) is 33.3 Å². The Morgan fingerprint density at radius 3 is 2.00 bits per heavy atom. The monoisotopic (exact) mass is 285 g/mol. The third-order valence-electron chi connectivity index (χ3n) is 4.30. The molecular weight excluding hydrogens is 265 g/mol. The van der Waals surface area contributed by atoms with Crippen LogP contribution in [0.3, 0.4) is 0 Å². The quantitative estimate of drug-likeness (QED) is 0.804. The Kier molecular flexibility index (Phi) is 3.38. The maximum atomic E-state index is 6.04. The predicted molar refractivity (Wildman–Crippen MR) is 81.3 cm³/mol. The van der Waals surface area contributed by atoms with E-state index in [0.717, 1.165) is 11.0 Å². The van der Waals surface area contributed by atoms with Crippen molar-refractivity contribution in [1.29, 1.82) is 0 Å². The molecule has 1 fully saturated rings. The fourth-order valence-electron chi connectivity index (χ4n) is 2.25. The highest BCUT2D eigenvalue weighted by Gasteiger charge is 2.51. The van der Waals surface area contributed by atoms with Gasteiger partial charge in [0.25, 0.3) is 0 Å². The summed E-state index contributed by atoms with van der Waals surface area (Å²) in [6.07, 6.45) is 3.36. The Morgan fingerprint density at radius 2 is 1.48 bits per heavy atom. The Balaban J connectivity index is 1.73. The molecule has 2 heterocycles. The normalized spacial score (nSPS) is 19.9. The molecule has 1 saturated heterocycles. The molecule has 0 radical (unpaired) electrons. The molecular formula is C15H20BN3O2. The van der Waals surface area contributed by atoms with Crippen molar-refractivity contribution in [1.82, 2.24) is 15.0 Å². The average Bonchev–Trinajstić information content (AvgIpc) is 2.97. The molecule has 0 bridgehead atoms. The van der Waals surface area contributed by atoms with Gasteiger partial charge in [0.15, 0.2) is 0 Å². The number of rotatable bonds is 3. The molecule has 0 unspecified atom stereocenters. The number of hydrogen-bond acceptors (Lipinski definition) is 4. The van der Waals surface area contributed by atoms with Gasteiger partial charge in [-0.15, -0.1) is 0 Å². The minimum absolute atomic E-state index is 0.310. The summed E-state index contributed by atoms with van der Waals surface area (Å²) >= 11 is 0. The SMILES string of the molecule is CC1(C)OB(c2ccc(Cn3nccn3)cc2)OC1(C)C. The van der Waals surface area contributed by atoms with Gasteiger partial charge in [-0.1, -0.05) is 24.3 Å². The van der Waals surface area contributed by atoms with E-state index in [-0.39, 0.29) is 18.3 Å². The van der Waals surface area contributed by atoms with E-state index < -0.39 is 0 Å². The molecule has 1 aliphatic heterocycles. The first-order valence-corrected chi connectivity index (χ1v) is 7.16. The van der Waals surface area contributed by atoms with Crippen LogP contribution in [0.25, 0.3) is 0 Å². The molecule has 2 aromatic rings. The molecule has 0 spiro atoms. The molecule has 3 rings (SSSR count). The van der Waals surface area contributed by atoms with Crippen LogP contribution in [0, 0.1) is 0 Å². The third kappa shape index (κ3) is 2.73. The van der Waals surface area contributed by atoms with Crippen molar-refractivity contribution >= 4 is 12.6 Å². The van der Waals surface area contributed by atoms with E-state index >= 15 is 0 Å². The van der Waals surface area contributed by atoms with Gasteiger partial charge in [-0.3, -0.25) is 0 Å². The van der Waals surface area contributed by atoms with E-state index in [1.165, 1.54) is 0 Å². The van der Waals surface area contributed by atoms with Crippen LogP contribution in [0.1, 0.15) is 33.3 Å². The molecule has 0 N–H and O–H groups in total. The lowest BCUT2D eigenvalue weighted by Gasteiger charge is -2.32. The van der Waals surface area contributed by atoms with Crippen molar-refractivity contribution in [2.24, 2.45) is 0 Å². The van der Waals surface area contributed by atoms with E-state index in [1.54, 1.807) is 17.2 Å². The first kappa shape index (κ1) is 14.3.